The quantitative estimate of drug-likeness (QED) is 0.872. The summed E-state index contributed by atoms with van der Waals surface area (Å²) in [6.45, 7) is 4.02. The van der Waals surface area contributed by atoms with Gasteiger partial charge in [0.25, 0.3) is 10.0 Å². The van der Waals surface area contributed by atoms with Gasteiger partial charge in [-0.15, -0.1) is 11.3 Å². The lowest BCUT2D eigenvalue weighted by atomic mass is 9.81. The maximum Gasteiger partial charge on any atom is 0.309 e. The molecule has 0 spiro atoms. The molecule has 0 bridgehead atoms. The summed E-state index contributed by atoms with van der Waals surface area (Å²) in [6.07, 6.45) is 0.681. The summed E-state index contributed by atoms with van der Waals surface area (Å²) in [5.74, 6) is -0.857. The summed E-state index contributed by atoms with van der Waals surface area (Å²) in [7, 11) is -3.51. The summed E-state index contributed by atoms with van der Waals surface area (Å²) in [6, 6.07) is 1.65. The first kappa shape index (κ1) is 15.9. The van der Waals surface area contributed by atoms with Gasteiger partial charge in [0, 0.05) is 13.1 Å². The summed E-state index contributed by atoms with van der Waals surface area (Å²) in [5.41, 5.74) is 0.0683. The molecule has 0 aromatic carbocycles. The molecule has 8 heteroatoms. The van der Waals surface area contributed by atoms with E-state index in [0.29, 0.717) is 17.1 Å². The predicted molar refractivity (Wildman–Crippen MR) is 80.5 cm³/mol. The molecule has 20 heavy (non-hydrogen) atoms. The number of sulfonamides is 1. The zero-order chi connectivity index (χ0) is 15.1. The van der Waals surface area contributed by atoms with E-state index in [0.717, 1.165) is 9.35 Å². The summed E-state index contributed by atoms with van der Waals surface area (Å²) >= 11 is 4.52. The lowest BCUT2D eigenvalue weighted by Crippen LogP contribution is -2.44. The Morgan fingerprint density at radius 3 is 2.40 bits per heavy atom. The van der Waals surface area contributed by atoms with E-state index in [-0.39, 0.29) is 13.1 Å². The second kappa shape index (κ2) is 5.40. The first-order valence-electron chi connectivity index (χ1n) is 6.16. The van der Waals surface area contributed by atoms with Crippen molar-refractivity contribution >= 4 is 43.3 Å². The zero-order valence-electron chi connectivity index (χ0n) is 11.2. The molecule has 1 aliphatic heterocycles. The summed E-state index contributed by atoms with van der Waals surface area (Å²) in [5, 5.41) is 9.17. The number of hydrogen-bond donors (Lipinski definition) is 1. The second-order valence-corrected chi connectivity index (χ2v) is 9.83. The van der Waals surface area contributed by atoms with Gasteiger partial charge in [0.2, 0.25) is 0 Å². The Balaban J connectivity index is 2.19. The molecule has 2 heterocycles. The minimum atomic E-state index is -3.51. The van der Waals surface area contributed by atoms with E-state index < -0.39 is 21.4 Å². The van der Waals surface area contributed by atoms with E-state index in [4.69, 9.17) is 0 Å². The summed E-state index contributed by atoms with van der Waals surface area (Å²) in [4.78, 5) is 11.2. The first-order valence-corrected chi connectivity index (χ1v) is 9.21. The van der Waals surface area contributed by atoms with Crippen molar-refractivity contribution in [1.29, 1.82) is 0 Å². The first-order chi connectivity index (χ1) is 9.17. The zero-order valence-corrected chi connectivity index (χ0v) is 14.4. The number of carboxylic acids is 1. The SMILES string of the molecule is Cc1cc(S(=O)(=O)N2CCC(C)(C(=O)O)CC2)sc1Br. The molecule has 0 amide bonds. The highest BCUT2D eigenvalue weighted by atomic mass is 79.9. The normalized spacial score (nSPS) is 19.9. The van der Waals surface area contributed by atoms with Crippen LogP contribution in [0.2, 0.25) is 0 Å². The van der Waals surface area contributed by atoms with E-state index in [2.05, 4.69) is 15.9 Å². The van der Waals surface area contributed by atoms with Crippen LogP contribution in [0.25, 0.3) is 0 Å². The number of carbonyl (C=O) groups is 1. The van der Waals surface area contributed by atoms with Crippen LogP contribution >= 0.6 is 27.3 Å². The van der Waals surface area contributed by atoms with Gasteiger partial charge in [0.1, 0.15) is 4.21 Å². The molecule has 1 aromatic heterocycles. The van der Waals surface area contributed by atoms with Gasteiger partial charge in [-0.1, -0.05) is 0 Å². The number of carboxylic acid groups (broad SMARTS) is 1. The maximum atomic E-state index is 12.5. The fourth-order valence-electron chi connectivity index (χ4n) is 2.12. The molecule has 5 nitrogen and oxygen atoms in total. The molecule has 0 unspecified atom stereocenters. The Hall–Kier alpha value is -0.440. The van der Waals surface area contributed by atoms with Crippen LogP contribution in [0.1, 0.15) is 25.3 Å². The maximum absolute atomic E-state index is 12.5. The van der Waals surface area contributed by atoms with Gasteiger partial charge in [-0.25, -0.2) is 8.42 Å². The van der Waals surface area contributed by atoms with Crippen molar-refractivity contribution in [1.82, 2.24) is 4.31 Å². The van der Waals surface area contributed by atoms with Crippen LogP contribution in [0, 0.1) is 12.3 Å². The molecule has 0 radical (unpaired) electrons. The summed E-state index contributed by atoms with van der Waals surface area (Å²) < 4.78 is 27.5. The molecular formula is C12H16BrNO4S2. The van der Waals surface area contributed by atoms with Crippen LogP contribution in [0.5, 0.6) is 0 Å². The van der Waals surface area contributed by atoms with Crippen molar-refractivity contribution in [3.8, 4) is 0 Å². The van der Waals surface area contributed by atoms with Gasteiger partial charge >= 0.3 is 5.97 Å². The molecule has 1 aromatic rings. The average Bonchev–Trinajstić information content (AvgIpc) is 2.71. The Morgan fingerprint density at radius 1 is 1.45 bits per heavy atom. The van der Waals surface area contributed by atoms with Gasteiger partial charge in [0.05, 0.1) is 9.20 Å². The molecular weight excluding hydrogens is 366 g/mol. The third-order valence-electron chi connectivity index (χ3n) is 3.77. The van der Waals surface area contributed by atoms with Crippen LogP contribution in [-0.2, 0) is 14.8 Å². The highest BCUT2D eigenvalue weighted by Gasteiger charge is 2.40. The Bertz CT molecular complexity index is 610. The van der Waals surface area contributed by atoms with E-state index in [1.54, 1.807) is 13.0 Å². The number of nitrogens with zero attached hydrogens (tertiary/aromatic N) is 1. The topological polar surface area (TPSA) is 74.7 Å². The molecule has 0 aliphatic carbocycles. The minimum absolute atomic E-state index is 0.250. The number of aliphatic carboxylic acids is 1. The molecule has 0 saturated carbocycles. The van der Waals surface area contributed by atoms with Gasteiger partial charge < -0.3 is 5.11 Å². The Kier molecular flexibility index (Phi) is 4.30. The monoisotopic (exact) mass is 381 g/mol. The highest BCUT2D eigenvalue weighted by molar-refractivity contribution is 9.11. The third kappa shape index (κ3) is 2.79. The fourth-order valence-corrected chi connectivity index (χ4v) is 5.94. The van der Waals surface area contributed by atoms with Crippen molar-refractivity contribution in [2.75, 3.05) is 13.1 Å². The lowest BCUT2D eigenvalue weighted by Gasteiger charge is -2.35. The molecule has 112 valence electrons. The van der Waals surface area contributed by atoms with Gasteiger partial charge in [0.15, 0.2) is 0 Å². The Morgan fingerprint density at radius 2 is 2.00 bits per heavy atom. The van der Waals surface area contributed by atoms with Crippen molar-refractivity contribution in [2.45, 2.75) is 30.9 Å². The lowest BCUT2D eigenvalue weighted by molar-refractivity contribution is -0.150. The second-order valence-electron chi connectivity index (χ2n) is 5.29. The van der Waals surface area contributed by atoms with E-state index in [9.17, 15) is 18.3 Å². The van der Waals surface area contributed by atoms with Crippen molar-refractivity contribution < 1.29 is 18.3 Å². The number of thiophene rings is 1. The average molecular weight is 382 g/mol. The van der Waals surface area contributed by atoms with E-state index in [1.807, 2.05) is 6.92 Å². The largest absolute Gasteiger partial charge is 0.481 e. The van der Waals surface area contributed by atoms with Gasteiger partial charge in [-0.05, 0) is 54.2 Å². The molecule has 1 fully saturated rings. The van der Waals surface area contributed by atoms with Gasteiger partial charge in [-0.3, -0.25) is 4.79 Å². The number of rotatable bonds is 3. The molecule has 1 N–H and O–H groups in total. The van der Waals surface area contributed by atoms with Crippen LogP contribution in [-0.4, -0.2) is 36.9 Å². The molecule has 1 saturated heterocycles. The van der Waals surface area contributed by atoms with Crippen LogP contribution in [0.4, 0.5) is 0 Å². The van der Waals surface area contributed by atoms with E-state index >= 15 is 0 Å². The van der Waals surface area contributed by atoms with E-state index in [1.165, 1.54) is 15.6 Å². The molecule has 0 atom stereocenters. The number of aryl methyl sites for hydroxylation is 1. The fraction of sp³-hybridized carbons (Fsp3) is 0.583. The standard InChI is InChI=1S/C12H16BrNO4S2/c1-8-7-9(19-10(8)13)20(17,18)14-5-3-12(2,4-6-14)11(15)16/h7H,3-6H2,1-2H3,(H,15,16). The number of halogens is 1. The van der Waals surface area contributed by atoms with Crippen LogP contribution in [0.15, 0.2) is 14.1 Å². The van der Waals surface area contributed by atoms with Crippen molar-refractivity contribution in [3.05, 3.63) is 15.4 Å². The van der Waals surface area contributed by atoms with Gasteiger partial charge in [-0.2, -0.15) is 4.31 Å². The van der Waals surface area contributed by atoms with Crippen LogP contribution in [0.3, 0.4) is 0 Å². The molecule has 1 aliphatic rings. The highest BCUT2D eigenvalue weighted by Crippen LogP contribution is 2.36. The Labute approximate surface area is 130 Å². The minimum Gasteiger partial charge on any atom is -0.481 e. The van der Waals surface area contributed by atoms with Crippen molar-refractivity contribution in [3.63, 3.8) is 0 Å². The number of piperidine rings is 1. The molecule has 2 rings (SSSR count). The third-order valence-corrected chi connectivity index (χ3v) is 8.26. The smallest absolute Gasteiger partial charge is 0.309 e. The number of hydrogen-bond acceptors (Lipinski definition) is 4. The van der Waals surface area contributed by atoms with Crippen molar-refractivity contribution in [2.24, 2.45) is 5.41 Å². The predicted octanol–water partition coefficient (Wildman–Crippen LogP) is 2.69. The van der Waals surface area contributed by atoms with Crippen LogP contribution < -0.4 is 0 Å².